The summed E-state index contributed by atoms with van der Waals surface area (Å²) in [7, 11) is 0. The molecule has 0 saturated carbocycles. The van der Waals surface area contributed by atoms with Gasteiger partial charge in [-0.3, -0.25) is 9.78 Å². The van der Waals surface area contributed by atoms with Crippen molar-refractivity contribution < 1.29 is 9.18 Å². The highest BCUT2D eigenvalue weighted by atomic mass is 32.2. The smallest absolute Gasteiger partial charge is 0.234 e. The minimum atomic E-state index is -0.276. The maximum atomic E-state index is 13.2. The second-order valence-corrected chi connectivity index (χ2v) is 5.66. The Bertz CT molecular complexity index is 620. The molecule has 0 spiro atoms. The molecule has 5 heteroatoms. The molecule has 1 unspecified atom stereocenters. The summed E-state index contributed by atoms with van der Waals surface area (Å²) in [6, 6.07) is 10.2. The molecular formula is C15H13FN2OS. The van der Waals surface area contributed by atoms with E-state index in [1.165, 1.54) is 12.1 Å². The van der Waals surface area contributed by atoms with Gasteiger partial charge in [-0.1, -0.05) is 12.1 Å². The van der Waals surface area contributed by atoms with Crippen LogP contribution in [0.5, 0.6) is 0 Å². The Morgan fingerprint density at radius 3 is 2.85 bits per heavy atom. The minimum Gasteiger partial charge on any atom is -0.322 e. The number of aromatic nitrogens is 1. The number of halogens is 1. The Morgan fingerprint density at radius 2 is 2.10 bits per heavy atom. The first kappa shape index (κ1) is 13.1. The number of pyridine rings is 1. The summed E-state index contributed by atoms with van der Waals surface area (Å²) >= 11 is 1.59. The van der Waals surface area contributed by atoms with Crippen LogP contribution in [0.4, 0.5) is 4.39 Å². The molecule has 0 radical (unpaired) electrons. The summed E-state index contributed by atoms with van der Waals surface area (Å²) in [6.45, 7) is 0.427. The lowest BCUT2D eigenvalue weighted by molar-refractivity contribution is -0.128. The van der Waals surface area contributed by atoms with Crippen molar-refractivity contribution in [3.63, 3.8) is 0 Å². The van der Waals surface area contributed by atoms with E-state index in [1.807, 2.05) is 18.2 Å². The van der Waals surface area contributed by atoms with E-state index >= 15 is 0 Å². The van der Waals surface area contributed by atoms with E-state index in [-0.39, 0.29) is 17.1 Å². The molecule has 3 nitrogen and oxygen atoms in total. The van der Waals surface area contributed by atoms with E-state index in [9.17, 15) is 9.18 Å². The molecule has 0 N–H and O–H groups in total. The van der Waals surface area contributed by atoms with Crippen LogP contribution in [0.1, 0.15) is 16.5 Å². The highest BCUT2D eigenvalue weighted by Gasteiger charge is 2.32. The number of amides is 1. The van der Waals surface area contributed by atoms with Crippen molar-refractivity contribution in [2.75, 3.05) is 5.75 Å². The lowest BCUT2D eigenvalue weighted by Crippen LogP contribution is -2.27. The zero-order valence-corrected chi connectivity index (χ0v) is 11.5. The Balaban J connectivity index is 1.84. The Labute approximate surface area is 120 Å². The van der Waals surface area contributed by atoms with Gasteiger partial charge in [-0.05, 0) is 35.4 Å². The van der Waals surface area contributed by atoms with Crippen LogP contribution < -0.4 is 0 Å². The summed E-state index contributed by atoms with van der Waals surface area (Å²) in [6.07, 6.45) is 3.44. The summed E-state index contributed by atoms with van der Waals surface area (Å²) in [5.41, 5.74) is 1.85. The van der Waals surface area contributed by atoms with Crippen molar-refractivity contribution in [1.29, 1.82) is 0 Å². The van der Waals surface area contributed by atoms with E-state index in [2.05, 4.69) is 4.98 Å². The first-order valence-corrected chi connectivity index (χ1v) is 7.34. The van der Waals surface area contributed by atoms with E-state index < -0.39 is 0 Å². The average molecular weight is 288 g/mol. The monoisotopic (exact) mass is 288 g/mol. The van der Waals surface area contributed by atoms with E-state index in [1.54, 1.807) is 35.1 Å². The van der Waals surface area contributed by atoms with Gasteiger partial charge in [0.05, 0.1) is 5.75 Å². The summed E-state index contributed by atoms with van der Waals surface area (Å²) in [5, 5.41) is -0.0197. The molecule has 0 aliphatic carbocycles. The molecule has 3 rings (SSSR count). The van der Waals surface area contributed by atoms with Gasteiger partial charge in [-0.15, -0.1) is 11.8 Å². The average Bonchev–Trinajstić information content (AvgIpc) is 2.81. The fourth-order valence-corrected chi connectivity index (χ4v) is 3.45. The third-order valence-corrected chi connectivity index (χ3v) is 4.46. The molecule has 2 heterocycles. The molecule has 1 amide bonds. The molecule has 1 aliphatic rings. The zero-order valence-electron chi connectivity index (χ0n) is 10.7. The van der Waals surface area contributed by atoms with E-state index in [0.29, 0.717) is 12.3 Å². The predicted molar refractivity (Wildman–Crippen MR) is 76.4 cm³/mol. The van der Waals surface area contributed by atoms with Gasteiger partial charge in [-0.25, -0.2) is 4.39 Å². The van der Waals surface area contributed by atoms with Crippen LogP contribution in [-0.2, 0) is 11.3 Å². The molecule has 1 aromatic carbocycles. The highest BCUT2D eigenvalue weighted by Crippen LogP contribution is 2.39. The molecule has 1 atom stereocenters. The number of thioether (sulfide) groups is 1. The Morgan fingerprint density at radius 1 is 1.30 bits per heavy atom. The van der Waals surface area contributed by atoms with Crippen LogP contribution in [0.2, 0.25) is 0 Å². The van der Waals surface area contributed by atoms with Crippen LogP contribution in [0.15, 0.2) is 48.8 Å². The SMILES string of the molecule is O=C1CSC(c2ccncc2)N1Cc1cccc(F)c1. The lowest BCUT2D eigenvalue weighted by Gasteiger charge is -2.24. The van der Waals surface area contributed by atoms with E-state index in [4.69, 9.17) is 0 Å². The van der Waals surface area contributed by atoms with Crippen molar-refractivity contribution in [1.82, 2.24) is 9.88 Å². The molecular weight excluding hydrogens is 275 g/mol. The topological polar surface area (TPSA) is 33.2 Å². The minimum absolute atomic E-state index is 0.0197. The number of benzene rings is 1. The molecule has 1 fully saturated rings. The van der Waals surface area contributed by atoms with Crippen molar-refractivity contribution in [2.24, 2.45) is 0 Å². The number of carbonyl (C=O) groups excluding carboxylic acids is 1. The quantitative estimate of drug-likeness (QED) is 0.870. The lowest BCUT2D eigenvalue weighted by atomic mass is 10.2. The van der Waals surface area contributed by atoms with Crippen molar-refractivity contribution in [3.8, 4) is 0 Å². The Hall–Kier alpha value is -1.88. The van der Waals surface area contributed by atoms with Gasteiger partial charge in [0, 0.05) is 18.9 Å². The zero-order chi connectivity index (χ0) is 13.9. The fourth-order valence-electron chi connectivity index (χ4n) is 2.26. The fraction of sp³-hybridized carbons (Fsp3) is 0.200. The van der Waals surface area contributed by atoms with Crippen LogP contribution in [-0.4, -0.2) is 21.5 Å². The standard InChI is InChI=1S/C15H13FN2OS/c16-13-3-1-2-11(8-13)9-18-14(19)10-20-15(18)12-4-6-17-7-5-12/h1-8,15H,9-10H2. The molecule has 102 valence electrons. The van der Waals surface area contributed by atoms with Crippen molar-refractivity contribution in [3.05, 3.63) is 65.7 Å². The van der Waals surface area contributed by atoms with Gasteiger partial charge in [-0.2, -0.15) is 0 Å². The first-order valence-electron chi connectivity index (χ1n) is 6.29. The van der Waals surface area contributed by atoms with Crippen LogP contribution in [0.25, 0.3) is 0 Å². The van der Waals surface area contributed by atoms with Crippen molar-refractivity contribution >= 4 is 17.7 Å². The number of nitrogens with zero attached hydrogens (tertiary/aromatic N) is 2. The highest BCUT2D eigenvalue weighted by molar-refractivity contribution is 8.00. The molecule has 2 aromatic rings. The second kappa shape index (κ2) is 5.63. The summed E-state index contributed by atoms with van der Waals surface area (Å²) < 4.78 is 13.2. The van der Waals surface area contributed by atoms with Crippen LogP contribution >= 0.6 is 11.8 Å². The number of rotatable bonds is 3. The van der Waals surface area contributed by atoms with Gasteiger partial charge >= 0.3 is 0 Å². The van der Waals surface area contributed by atoms with Crippen LogP contribution in [0.3, 0.4) is 0 Å². The predicted octanol–water partition coefficient (Wildman–Crippen LogP) is 2.99. The normalized spacial score (nSPS) is 18.6. The van der Waals surface area contributed by atoms with E-state index in [0.717, 1.165) is 11.1 Å². The molecule has 1 aliphatic heterocycles. The third-order valence-electron chi connectivity index (χ3n) is 3.20. The molecule has 0 bridgehead atoms. The molecule has 1 saturated heterocycles. The maximum Gasteiger partial charge on any atom is 0.234 e. The van der Waals surface area contributed by atoms with Gasteiger partial charge < -0.3 is 4.90 Å². The molecule has 1 aromatic heterocycles. The van der Waals surface area contributed by atoms with Crippen molar-refractivity contribution in [2.45, 2.75) is 11.9 Å². The van der Waals surface area contributed by atoms with Gasteiger partial charge in [0.25, 0.3) is 0 Å². The maximum absolute atomic E-state index is 13.2. The summed E-state index contributed by atoms with van der Waals surface area (Å²) in [5.74, 6) is 0.269. The van der Waals surface area contributed by atoms with Gasteiger partial charge in [0.1, 0.15) is 11.2 Å². The number of carbonyl (C=O) groups is 1. The largest absolute Gasteiger partial charge is 0.322 e. The first-order chi connectivity index (χ1) is 9.74. The number of hydrogen-bond acceptors (Lipinski definition) is 3. The molecule has 20 heavy (non-hydrogen) atoms. The van der Waals surface area contributed by atoms with Crippen LogP contribution in [0, 0.1) is 5.82 Å². The number of hydrogen-bond donors (Lipinski definition) is 0. The third kappa shape index (κ3) is 2.67. The van der Waals surface area contributed by atoms with Gasteiger partial charge in [0.2, 0.25) is 5.91 Å². The van der Waals surface area contributed by atoms with Gasteiger partial charge in [0.15, 0.2) is 0 Å². The summed E-state index contributed by atoms with van der Waals surface area (Å²) in [4.78, 5) is 17.8. The second-order valence-electron chi connectivity index (χ2n) is 4.60. The Kier molecular flexibility index (Phi) is 3.69.